The van der Waals surface area contributed by atoms with Crippen LogP contribution in [0.25, 0.3) is 0 Å². The Morgan fingerprint density at radius 2 is 1.79 bits per heavy atom. The second kappa shape index (κ2) is 14.5. The molecular formula is C29H36Cl2N2O5. The maximum Gasteiger partial charge on any atom is 0.305 e. The van der Waals surface area contributed by atoms with Crippen LogP contribution in [0.2, 0.25) is 10.0 Å². The normalized spacial score (nSPS) is 14.4. The van der Waals surface area contributed by atoms with Crippen LogP contribution in [0.1, 0.15) is 75.1 Å². The van der Waals surface area contributed by atoms with Crippen LogP contribution in [-0.4, -0.2) is 52.4 Å². The van der Waals surface area contributed by atoms with Crippen molar-refractivity contribution in [1.82, 2.24) is 9.80 Å². The summed E-state index contributed by atoms with van der Waals surface area (Å²) < 4.78 is 6.00. The van der Waals surface area contributed by atoms with Crippen molar-refractivity contribution in [3.05, 3.63) is 63.1 Å². The highest BCUT2D eigenvalue weighted by Gasteiger charge is 2.28. The first-order valence-electron chi connectivity index (χ1n) is 13.2. The van der Waals surface area contributed by atoms with Gasteiger partial charge < -0.3 is 9.84 Å². The molecule has 1 aliphatic rings. The van der Waals surface area contributed by atoms with Gasteiger partial charge in [0.2, 0.25) is 11.8 Å². The number of aryl methyl sites for hydroxylation is 1. The molecule has 1 N–H and O–H groups in total. The Balaban J connectivity index is 1.81. The van der Waals surface area contributed by atoms with E-state index in [4.69, 9.17) is 27.9 Å². The molecule has 0 spiro atoms. The van der Waals surface area contributed by atoms with Gasteiger partial charge in [-0.2, -0.15) is 0 Å². The fourth-order valence-corrected chi connectivity index (χ4v) is 5.05. The van der Waals surface area contributed by atoms with Crippen molar-refractivity contribution >= 4 is 41.0 Å². The van der Waals surface area contributed by atoms with Crippen LogP contribution in [0.15, 0.2) is 36.4 Å². The molecule has 7 nitrogen and oxygen atoms in total. The van der Waals surface area contributed by atoms with E-state index in [0.29, 0.717) is 16.6 Å². The van der Waals surface area contributed by atoms with Crippen molar-refractivity contribution in [2.75, 3.05) is 19.7 Å². The van der Waals surface area contributed by atoms with E-state index < -0.39 is 5.97 Å². The number of hydrogen-bond acceptors (Lipinski definition) is 5. The number of nitrogens with zero attached hydrogens (tertiary/aromatic N) is 2. The van der Waals surface area contributed by atoms with E-state index >= 15 is 0 Å². The Bertz CT molecular complexity index is 1120. The van der Waals surface area contributed by atoms with Crippen molar-refractivity contribution < 1.29 is 24.2 Å². The van der Waals surface area contributed by atoms with E-state index in [-0.39, 0.29) is 50.3 Å². The lowest BCUT2D eigenvalue weighted by Gasteiger charge is -2.32. The number of unbranched alkanes of at least 4 members (excludes halogenated alkanes) is 1. The molecule has 38 heavy (non-hydrogen) atoms. The summed E-state index contributed by atoms with van der Waals surface area (Å²) in [6.07, 6.45) is 4.13. The molecule has 1 heterocycles. The molecule has 2 amide bonds. The van der Waals surface area contributed by atoms with Crippen LogP contribution in [0.3, 0.4) is 0 Å². The van der Waals surface area contributed by atoms with Gasteiger partial charge in [0.15, 0.2) is 0 Å². The Morgan fingerprint density at radius 1 is 1.05 bits per heavy atom. The van der Waals surface area contributed by atoms with Crippen LogP contribution < -0.4 is 4.74 Å². The lowest BCUT2D eigenvalue weighted by molar-refractivity contribution is -0.140. The lowest BCUT2D eigenvalue weighted by atomic mass is 9.99. The number of rotatable bonds is 15. The smallest absolute Gasteiger partial charge is 0.305 e. The van der Waals surface area contributed by atoms with Gasteiger partial charge in [0, 0.05) is 25.4 Å². The zero-order chi connectivity index (χ0) is 27.7. The molecule has 0 aliphatic carbocycles. The molecule has 1 atom stereocenters. The van der Waals surface area contributed by atoms with Crippen molar-refractivity contribution in [2.24, 2.45) is 0 Å². The van der Waals surface area contributed by atoms with E-state index in [2.05, 4.69) is 24.8 Å². The minimum absolute atomic E-state index is 0.0569. The highest BCUT2D eigenvalue weighted by Crippen LogP contribution is 2.32. The van der Waals surface area contributed by atoms with Crippen molar-refractivity contribution in [3.8, 4) is 5.75 Å². The van der Waals surface area contributed by atoms with E-state index in [1.807, 2.05) is 18.2 Å². The van der Waals surface area contributed by atoms with E-state index in [1.54, 1.807) is 12.1 Å². The second-order valence-electron chi connectivity index (χ2n) is 9.59. The largest absolute Gasteiger partial charge is 0.491 e. The minimum atomic E-state index is -0.882. The molecule has 0 bridgehead atoms. The van der Waals surface area contributed by atoms with Gasteiger partial charge in [0.05, 0.1) is 23.0 Å². The standard InChI is InChI=1S/C29H36Cl2N2O5/c1-3-5-13-32(25(18-29(36)37)21-8-9-23(30)24(31)17-21)19-20-7-10-26(22(16-20)6-4-2)38-15-14-33-27(34)11-12-28(33)35/h7-10,16-17,25H,3-6,11-15,18-19H2,1-2H3,(H,36,37). The molecule has 3 rings (SSSR count). The number of aliphatic carboxylic acids is 1. The van der Waals surface area contributed by atoms with E-state index in [9.17, 15) is 19.5 Å². The molecule has 1 saturated heterocycles. The van der Waals surface area contributed by atoms with Gasteiger partial charge in [-0.3, -0.25) is 24.2 Å². The van der Waals surface area contributed by atoms with Crippen LogP contribution in [-0.2, 0) is 27.3 Å². The van der Waals surface area contributed by atoms with Gasteiger partial charge in [-0.25, -0.2) is 0 Å². The number of ether oxygens (including phenoxy) is 1. The summed E-state index contributed by atoms with van der Waals surface area (Å²) in [5, 5.41) is 10.5. The molecule has 1 unspecified atom stereocenters. The summed E-state index contributed by atoms with van der Waals surface area (Å²) in [4.78, 5) is 39.0. The van der Waals surface area contributed by atoms with Gasteiger partial charge in [-0.1, -0.05) is 68.1 Å². The summed E-state index contributed by atoms with van der Waals surface area (Å²) in [6.45, 7) is 5.99. The van der Waals surface area contributed by atoms with Crippen LogP contribution in [0, 0.1) is 0 Å². The number of hydrogen-bond donors (Lipinski definition) is 1. The Hall–Kier alpha value is -2.61. The molecule has 1 aliphatic heterocycles. The zero-order valence-electron chi connectivity index (χ0n) is 22.1. The molecular weight excluding hydrogens is 527 g/mol. The van der Waals surface area contributed by atoms with E-state index in [0.717, 1.165) is 54.7 Å². The Morgan fingerprint density at radius 3 is 2.42 bits per heavy atom. The van der Waals surface area contributed by atoms with Gasteiger partial charge in [-0.05, 0) is 54.3 Å². The average Bonchev–Trinajstić information content (AvgIpc) is 3.20. The van der Waals surface area contributed by atoms with Gasteiger partial charge in [0.1, 0.15) is 12.4 Å². The van der Waals surface area contributed by atoms with Crippen molar-refractivity contribution in [1.29, 1.82) is 0 Å². The molecule has 0 radical (unpaired) electrons. The SMILES string of the molecule is CCCCN(Cc1ccc(OCCN2C(=O)CCC2=O)c(CCC)c1)C(CC(=O)O)c1ccc(Cl)c(Cl)c1. The molecule has 206 valence electrons. The molecule has 9 heteroatoms. The maximum absolute atomic E-state index is 11.9. The van der Waals surface area contributed by atoms with Gasteiger partial charge >= 0.3 is 5.97 Å². The fourth-order valence-electron chi connectivity index (χ4n) is 4.74. The van der Waals surface area contributed by atoms with Crippen LogP contribution >= 0.6 is 23.2 Å². The first kappa shape index (κ1) is 29.9. The average molecular weight is 564 g/mol. The highest BCUT2D eigenvalue weighted by molar-refractivity contribution is 6.42. The zero-order valence-corrected chi connectivity index (χ0v) is 23.6. The predicted molar refractivity (Wildman–Crippen MR) is 149 cm³/mol. The molecule has 0 saturated carbocycles. The van der Waals surface area contributed by atoms with Gasteiger partial charge in [0.25, 0.3) is 0 Å². The Kier molecular flexibility index (Phi) is 11.4. The first-order valence-corrected chi connectivity index (χ1v) is 14.0. The molecule has 1 fully saturated rings. The van der Waals surface area contributed by atoms with Crippen molar-refractivity contribution in [3.63, 3.8) is 0 Å². The summed E-state index contributed by atoms with van der Waals surface area (Å²) in [6, 6.07) is 11.0. The monoisotopic (exact) mass is 562 g/mol. The van der Waals surface area contributed by atoms with Crippen LogP contribution in [0.4, 0.5) is 0 Å². The van der Waals surface area contributed by atoms with Crippen LogP contribution in [0.5, 0.6) is 5.75 Å². The third kappa shape index (κ3) is 8.19. The highest BCUT2D eigenvalue weighted by atomic mass is 35.5. The molecule has 2 aromatic rings. The number of halogens is 2. The van der Waals surface area contributed by atoms with E-state index in [1.165, 1.54) is 4.90 Å². The minimum Gasteiger partial charge on any atom is -0.491 e. The number of benzene rings is 2. The summed E-state index contributed by atoms with van der Waals surface area (Å²) in [7, 11) is 0. The summed E-state index contributed by atoms with van der Waals surface area (Å²) >= 11 is 12.4. The first-order chi connectivity index (χ1) is 18.2. The fraction of sp³-hybridized carbons (Fsp3) is 0.483. The molecule has 2 aromatic carbocycles. The number of carboxylic acid groups (broad SMARTS) is 1. The number of imide groups is 1. The summed E-state index contributed by atoms with van der Waals surface area (Å²) in [5.74, 6) is -0.435. The number of likely N-dealkylation sites (tertiary alicyclic amines) is 1. The third-order valence-corrected chi connectivity index (χ3v) is 7.43. The summed E-state index contributed by atoms with van der Waals surface area (Å²) in [5.41, 5.74) is 2.92. The van der Waals surface area contributed by atoms with Gasteiger partial charge in [-0.15, -0.1) is 0 Å². The number of carboxylic acids is 1. The third-order valence-electron chi connectivity index (χ3n) is 6.69. The Labute approximate surface area is 234 Å². The second-order valence-corrected chi connectivity index (χ2v) is 10.4. The maximum atomic E-state index is 11.9. The number of carbonyl (C=O) groups excluding carboxylic acids is 2. The van der Waals surface area contributed by atoms with Crippen molar-refractivity contribution in [2.45, 2.75) is 71.4 Å². The lowest BCUT2D eigenvalue weighted by Crippen LogP contribution is -2.33. The number of carbonyl (C=O) groups is 3. The molecule has 0 aromatic heterocycles. The quantitative estimate of drug-likeness (QED) is 0.256. The topological polar surface area (TPSA) is 87.2 Å². The number of amides is 2. The predicted octanol–water partition coefficient (Wildman–Crippen LogP) is 6.29.